The van der Waals surface area contributed by atoms with Gasteiger partial charge >= 0.3 is 0 Å². The fraction of sp³-hybridized carbons (Fsp3) is 0.633. The van der Waals surface area contributed by atoms with Gasteiger partial charge in [0.05, 0.1) is 0 Å². The highest BCUT2D eigenvalue weighted by atomic mass is 16.1. The fourth-order valence-corrected chi connectivity index (χ4v) is 4.44. The summed E-state index contributed by atoms with van der Waals surface area (Å²) in [5.41, 5.74) is 5.58. The van der Waals surface area contributed by atoms with Gasteiger partial charge in [0.25, 0.3) is 0 Å². The van der Waals surface area contributed by atoms with Gasteiger partial charge in [0.2, 0.25) is 0 Å². The van der Waals surface area contributed by atoms with Gasteiger partial charge in [-0.3, -0.25) is 4.79 Å². The topological polar surface area (TPSA) is 17.1 Å². The zero-order chi connectivity index (χ0) is 23.1. The average Bonchev–Trinajstić information content (AvgIpc) is 2.69. The standard InChI is InChI=1S/C30H48O/c1-7-8-9-10-11-12-13-14-20-28(31)24-26(3)18-15-17-25(2)21-22-29-27(4)19-16-23-30(29,5)6/h15,17-18,21-22,24H,7-14,16,19-20,23H2,1-6H3. The third-order valence-corrected chi connectivity index (χ3v) is 6.44. The predicted octanol–water partition coefficient (Wildman–Crippen LogP) is 9.62. The maximum Gasteiger partial charge on any atom is 0.155 e. The molecule has 0 amide bonds. The quantitative estimate of drug-likeness (QED) is 0.154. The van der Waals surface area contributed by atoms with Gasteiger partial charge in [0, 0.05) is 6.42 Å². The lowest BCUT2D eigenvalue weighted by molar-refractivity contribution is -0.114. The zero-order valence-corrected chi connectivity index (χ0v) is 21.4. The Kier molecular flexibility index (Phi) is 13.5. The van der Waals surface area contributed by atoms with Crippen molar-refractivity contribution in [1.82, 2.24) is 0 Å². The van der Waals surface area contributed by atoms with E-state index in [1.54, 1.807) is 6.08 Å². The molecule has 0 bridgehead atoms. The van der Waals surface area contributed by atoms with Crippen molar-refractivity contribution in [1.29, 1.82) is 0 Å². The Bertz CT molecular complexity index is 694. The molecular formula is C30H48O. The number of ketones is 1. The molecule has 0 unspecified atom stereocenters. The van der Waals surface area contributed by atoms with Crippen molar-refractivity contribution in [2.75, 3.05) is 0 Å². The van der Waals surface area contributed by atoms with E-state index in [2.05, 4.69) is 58.9 Å². The lowest BCUT2D eigenvalue weighted by atomic mass is 9.72. The molecule has 0 aromatic heterocycles. The van der Waals surface area contributed by atoms with Crippen molar-refractivity contribution >= 4 is 5.78 Å². The molecular weight excluding hydrogens is 376 g/mol. The highest BCUT2D eigenvalue weighted by Crippen LogP contribution is 2.40. The summed E-state index contributed by atoms with van der Waals surface area (Å²) in [6.45, 7) is 13.4. The zero-order valence-electron chi connectivity index (χ0n) is 21.4. The minimum atomic E-state index is 0.260. The number of hydrogen-bond donors (Lipinski definition) is 0. The first-order valence-electron chi connectivity index (χ1n) is 12.7. The minimum Gasteiger partial charge on any atom is -0.295 e. The highest BCUT2D eigenvalue weighted by molar-refractivity contribution is 5.90. The molecule has 174 valence electrons. The summed E-state index contributed by atoms with van der Waals surface area (Å²) in [4.78, 5) is 12.2. The van der Waals surface area contributed by atoms with Gasteiger partial charge in [-0.25, -0.2) is 0 Å². The van der Waals surface area contributed by atoms with Gasteiger partial charge in [-0.05, 0) is 69.1 Å². The summed E-state index contributed by atoms with van der Waals surface area (Å²) in [5, 5.41) is 0. The lowest BCUT2D eigenvalue weighted by Crippen LogP contribution is -2.19. The lowest BCUT2D eigenvalue weighted by Gasteiger charge is -2.32. The van der Waals surface area contributed by atoms with E-state index in [-0.39, 0.29) is 11.2 Å². The Labute approximate surface area is 193 Å². The summed E-state index contributed by atoms with van der Waals surface area (Å²) in [5.74, 6) is 0.260. The van der Waals surface area contributed by atoms with Gasteiger partial charge in [-0.2, -0.15) is 0 Å². The summed E-state index contributed by atoms with van der Waals surface area (Å²) in [7, 11) is 0. The second kappa shape index (κ2) is 15.2. The third kappa shape index (κ3) is 12.1. The molecule has 0 N–H and O–H groups in total. The van der Waals surface area contributed by atoms with Crippen LogP contribution in [0.5, 0.6) is 0 Å². The Morgan fingerprint density at radius 1 is 0.935 bits per heavy atom. The Balaban J connectivity index is 2.40. The first-order valence-corrected chi connectivity index (χ1v) is 12.7. The highest BCUT2D eigenvalue weighted by Gasteiger charge is 2.26. The maximum absolute atomic E-state index is 12.2. The molecule has 1 aliphatic rings. The van der Waals surface area contributed by atoms with Crippen LogP contribution in [0.2, 0.25) is 0 Å². The Morgan fingerprint density at radius 2 is 1.58 bits per heavy atom. The van der Waals surface area contributed by atoms with E-state index in [0.29, 0.717) is 6.42 Å². The van der Waals surface area contributed by atoms with Gasteiger partial charge in [-0.15, -0.1) is 0 Å². The fourth-order valence-electron chi connectivity index (χ4n) is 4.44. The predicted molar refractivity (Wildman–Crippen MR) is 138 cm³/mol. The molecule has 1 aliphatic carbocycles. The van der Waals surface area contributed by atoms with Crippen LogP contribution in [0.4, 0.5) is 0 Å². The monoisotopic (exact) mass is 424 g/mol. The van der Waals surface area contributed by atoms with E-state index >= 15 is 0 Å². The number of allylic oxidation sites excluding steroid dienone is 10. The first-order chi connectivity index (χ1) is 14.8. The van der Waals surface area contributed by atoms with Crippen molar-refractivity contribution in [3.05, 3.63) is 58.7 Å². The van der Waals surface area contributed by atoms with Crippen molar-refractivity contribution in [3.8, 4) is 0 Å². The van der Waals surface area contributed by atoms with Gasteiger partial charge in [0.15, 0.2) is 5.78 Å². The summed E-state index contributed by atoms with van der Waals surface area (Å²) >= 11 is 0. The molecule has 0 aromatic rings. The molecule has 1 rings (SSSR count). The van der Waals surface area contributed by atoms with E-state index in [1.807, 2.05) is 13.0 Å². The SMILES string of the molecule is CCCCCCCCCCC(=O)C=C(C)C=CC=C(C)C=CC1=C(C)CCCC1(C)C. The van der Waals surface area contributed by atoms with Crippen molar-refractivity contribution in [2.24, 2.45) is 5.41 Å². The molecule has 1 nitrogen and oxygen atoms in total. The maximum atomic E-state index is 12.2. The van der Waals surface area contributed by atoms with E-state index < -0.39 is 0 Å². The molecule has 0 atom stereocenters. The number of unbranched alkanes of at least 4 members (excludes halogenated alkanes) is 7. The smallest absolute Gasteiger partial charge is 0.155 e. The van der Waals surface area contributed by atoms with Gasteiger partial charge < -0.3 is 0 Å². The van der Waals surface area contributed by atoms with Crippen LogP contribution < -0.4 is 0 Å². The van der Waals surface area contributed by atoms with Crippen LogP contribution in [0.3, 0.4) is 0 Å². The first kappa shape index (κ1) is 27.4. The molecule has 0 saturated heterocycles. The average molecular weight is 425 g/mol. The number of carbonyl (C=O) groups excluding carboxylic acids is 1. The van der Waals surface area contributed by atoms with Crippen molar-refractivity contribution in [2.45, 2.75) is 119 Å². The van der Waals surface area contributed by atoms with E-state index in [1.165, 1.54) is 80.9 Å². The largest absolute Gasteiger partial charge is 0.295 e. The number of rotatable bonds is 14. The molecule has 0 aromatic carbocycles. The van der Waals surface area contributed by atoms with Gasteiger partial charge in [0.1, 0.15) is 0 Å². The molecule has 0 spiro atoms. The molecule has 31 heavy (non-hydrogen) atoms. The second-order valence-corrected chi connectivity index (χ2v) is 10.1. The van der Waals surface area contributed by atoms with E-state index in [9.17, 15) is 4.79 Å². The van der Waals surface area contributed by atoms with Crippen LogP contribution in [0, 0.1) is 5.41 Å². The normalized spacial score (nSPS) is 17.9. The molecule has 0 radical (unpaired) electrons. The van der Waals surface area contributed by atoms with Crippen LogP contribution in [-0.4, -0.2) is 5.78 Å². The van der Waals surface area contributed by atoms with E-state index in [0.717, 1.165) is 12.0 Å². The summed E-state index contributed by atoms with van der Waals surface area (Å²) in [6.07, 6.45) is 27.2. The Hall–Kier alpha value is -1.63. The van der Waals surface area contributed by atoms with Crippen LogP contribution in [-0.2, 0) is 4.79 Å². The summed E-state index contributed by atoms with van der Waals surface area (Å²) in [6, 6.07) is 0. The second-order valence-electron chi connectivity index (χ2n) is 10.1. The van der Waals surface area contributed by atoms with Crippen molar-refractivity contribution < 1.29 is 4.79 Å². The van der Waals surface area contributed by atoms with Crippen LogP contribution in [0.1, 0.15) is 119 Å². The van der Waals surface area contributed by atoms with Crippen molar-refractivity contribution in [3.63, 3.8) is 0 Å². The third-order valence-electron chi connectivity index (χ3n) is 6.44. The molecule has 0 aliphatic heterocycles. The van der Waals surface area contributed by atoms with Crippen LogP contribution in [0.15, 0.2) is 58.7 Å². The minimum absolute atomic E-state index is 0.260. The van der Waals surface area contributed by atoms with E-state index in [4.69, 9.17) is 0 Å². The number of hydrogen-bond acceptors (Lipinski definition) is 1. The molecule has 0 heterocycles. The number of carbonyl (C=O) groups is 1. The molecule has 1 heteroatoms. The molecule has 0 fully saturated rings. The summed E-state index contributed by atoms with van der Waals surface area (Å²) < 4.78 is 0. The van der Waals surface area contributed by atoms with Crippen LogP contribution in [0.25, 0.3) is 0 Å². The Morgan fingerprint density at radius 3 is 2.23 bits per heavy atom. The molecule has 0 saturated carbocycles. The van der Waals surface area contributed by atoms with Gasteiger partial charge in [-0.1, -0.05) is 107 Å². The van der Waals surface area contributed by atoms with Crippen LogP contribution >= 0.6 is 0 Å².